The van der Waals surface area contributed by atoms with Crippen LogP contribution in [0.3, 0.4) is 0 Å². The van der Waals surface area contributed by atoms with Crippen LogP contribution in [0.1, 0.15) is 19.8 Å². The van der Waals surface area contributed by atoms with Gasteiger partial charge in [-0.3, -0.25) is 9.36 Å². The van der Waals surface area contributed by atoms with Crippen molar-refractivity contribution in [2.24, 2.45) is 0 Å². The minimum atomic E-state index is -3.93. The minimum absolute atomic E-state index is 0.136. The fraction of sp³-hybridized carbons (Fsp3) is 0.571. The molecule has 0 unspecified atom stereocenters. The van der Waals surface area contributed by atoms with Crippen molar-refractivity contribution in [1.82, 2.24) is 0 Å². The number of Topliss-reactive ketones (excluding diaryl/α,β-unsaturated/α-hetero) is 1. The quantitative estimate of drug-likeness (QED) is 0.505. The molecule has 0 aliphatic rings. The molecule has 70 valence electrons. The maximum absolute atomic E-state index is 10.9. The van der Waals surface area contributed by atoms with E-state index in [1.807, 2.05) is 0 Å². The van der Waals surface area contributed by atoms with Crippen molar-refractivity contribution in [3.63, 3.8) is 0 Å². The van der Waals surface area contributed by atoms with Gasteiger partial charge in [0, 0.05) is 6.42 Å². The largest absolute Gasteiger partial charge is 0.325 e. The van der Waals surface area contributed by atoms with Gasteiger partial charge in [-0.1, -0.05) is 6.58 Å². The fourth-order valence-corrected chi connectivity index (χ4v) is 1.23. The van der Waals surface area contributed by atoms with Crippen molar-refractivity contribution in [2.75, 3.05) is 6.16 Å². The number of carbonyl (C=O) groups is 1. The average molecular weight is 192 g/mol. The lowest BCUT2D eigenvalue weighted by Gasteiger charge is -2.02. The van der Waals surface area contributed by atoms with Crippen LogP contribution in [0.4, 0.5) is 0 Å². The molecule has 0 amide bonds. The first-order valence-electron chi connectivity index (χ1n) is 3.56. The first kappa shape index (κ1) is 11.6. The summed E-state index contributed by atoms with van der Waals surface area (Å²) in [6.45, 7) is 5.01. The van der Waals surface area contributed by atoms with E-state index in [-0.39, 0.29) is 24.8 Å². The van der Waals surface area contributed by atoms with Crippen molar-refractivity contribution in [2.45, 2.75) is 19.8 Å². The van der Waals surface area contributed by atoms with Gasteiger partial charge in [-0.05, 0) is 18.9 Å². The lowest BCUT2D eigenvalue weighted by atomic mass is 10.1. The highest BCUT2D eigenvalue weighted by Gasteiger charge is 2.13. The zero-order chi connectivity index (χ0) is 9.78. The molecule has 0 bridgehead atoms. The lowest BCUT2D eigenvalue weighted by molar-refractivity contribution is -0.115. The Morgan fingerprint density at radius 2 is 2.00 bits per heavy atom. The first-order chi connectivity index (χ1) is 5.33. The van der Waals surface area contributed by atoms with E-state index in [4.69, 9.17) is 9.79 Å². The Morgan fingerprint density at radius 3 is 2.33 bits per heavy atom. The van der Waals surface area contributed by atoms with Gasteiger partial charge in [0.25, 0.3) is 0 Å². The third kappa shape index (κ3) is 6.28. The molecule has 5 heteroatoms. The Labute approximate surface area is 71.5 Å². The van der Waals surface area contributed by atoms with Crippen molar-refractivity contribution >= 4 is 13.4 Å². The van der Waals surface area contributed by atoms with E-state index >= 15 is 0 Å². The number of ketones is 1. The van der Waals surface area contributed by atoms with E-state index < -0.39 is 7.60 Å². The van der Waals surface area contributed by atoms with Gasteiger partial charge in [-0.25, -0.2) is 0 Å². The molecule has 0 heterocycles. The average Bonchev–Trinajstić information content (AvgIpc) is 1.84. The molecule has 0 aromatic rings. The number of hydrogen-bond donors (Lipinski definition) is 2. The second-order valence-corrected chi connectivity index (χ2v) is 4.47. The summed E-state index contributed by atoms with van der Waals surface area (Å²) in [7, 11) is -3.93. The Morgan fingerprint density at radius 1 is 1.50 bits per heavy atom. The van der Waals surface area contributed by atoms with Crippen molar-refractivity contribution in [1.29, 1.82) is 0 Å². The molecule has 0 aliphatic heterocycles. The summed E-state index contributed by atoms with van der Waals surface area (Å²) in [6.07, 6.45) is 0.155. The van der Waals surface area contributed by atoms with Gasteiger partial charge < -0.3 is 9.79 Å². The molecule has 0 atom stereocenters. The lowest BCUT2D eigenvalue weighted by Crippen LogP contribution is -1.99. The Kier molecular flexibility index (Phi) is 4.39. The van der Waals surface area contributed by atoms with E-state index in [1.54, 1.807) is 6.92 Å². The van der Waals surface area contributed by atoms with Crippen LogP contribution in [0.25, 0.3) is 0 Å². The molecule has 12 heavy (non-hydrogen) atoms. The summed E-state index contributed by atoms with van der Waals surface area (Å²) >= 11 is 0. The number of carbonyl (C=O) groups excluding carboxylic acids is 1. The van der Waals surface area contributed by atoms with Gasteiger partial charge in [0.2, 0.25) is 0 Å². The van der Waals surface area contributed by atoms with Crippen molar-refractivity contribution in [3.05, 3.63) is 12.2 Å². The third-order valence-electron chi connectivity index (χ3n) is 1.33. The van der Waals surface area contributed by atoms with Crippen LogP contribution in [-0.4, -0.2) is 21.7 Å². The van der Waals surface area contributed by atoms with Crippen LogP contribution in [0.15, 0.2) is 12.2 Å². The Bertz CT molecular complexity index is 228. The van der Waals surface area contributed by atoms with E-state index in [0.29, 0.717) is 5.57 Å². The highest BCUT2D eigenvalue weighted by atomic mass is 31.2. The molecule has 0 radical (unpaired) electrons. The highest BCUT2D eigenvalue weighted by molar-refractivity contribution is 7.51. The maximum atomic E-state index is 10.9. The second-order valence-electron chi connectivity index (χ2n) is 2.70. The molecule has 0 aromatic heterocycles. The number of rotatable bonds is 5. The summed E-state index contributed by atoms with van der Waals surface area (Å²) in [6, 6.07) is 0. The summed E-state index contributed by atoms with van der Waals surface area (Å²) in [5.41, 5.74) is 0.431. The molecule has 4 nitrogen and oxygen atoms in total. The van der Waals surface area contributed by atoms with Gasteiger partial charge in [0.05, 0.1) is 6.16 Å². The van der Waals surface area contributed by atoms with E-state index in [2.05, 4.69) is 6.58 Å². The molecule has 0 rings (SSSR count). The molecule has 0 spiro atoms. The van der Waals surface area contributed by atoms with Crippen LogP contribution in [0, 0.1) is 0 Å². The minimum Gasteiger partial charge on any atom is -0.324 e. The fourth-order valence-electron chi connectivity index (χ4n) is 0.659. The van der Waals surface area contributed by atoms with E-state index in [1.165, 1.54) is 0 Å². The summed E-state index contributed by atoms with van der Waals surface area (Å²) in [4.78, 5) is 27.8. The van der Waals surface area contributed by atoms with Crippen LogP contribution in [0.5, 0.6) is 0 Å². The monoisotopic (exact) mass is 192 g/mol. The van der Waals surface area contributed by atoms with Gasteiger partial charge in [0.15, 0.2) is 5.78 Å². The molecular weight excluding hydrogens is 179 g/mol. The van der Waals surface area contributed by atoms with Crippen molar-refractivity contribution in [3.8, 4) is 0 Å². The van der Waals surface area contributed by atoms with Crippen LogP contribution in [0.2, 0.25) is 0 Å². The van der Waals surface area contributed by atoms with E-state index in [9.17, 15) is 9.36 Å². The SMILES string of the molecule is C=C(C)C(=O)CCCP(=O)(O)O. The second kappa shape index (κ2) is 4.55. The summed E-state index contributed by atoms with van der Waals surface area (Å²) in [5.74, 6) is -0.136. The molecule has 0 aliphatic carbocycles. The summed E-state index contributed by atoms with van der Waals surface area (Å²) < 4.78 is 10.3. The Hall–Kier alpha value is -0.440. The van der Waals surface area contributed by atoms with Crippen LogP contribution < -0.4 is 0 Å². The smallest absolute Gasteiger partial charge is 0.324 e. The molecule has 0 saturated heterocycles. The third-order valence-corrected chi connectivity index (χ3v) is 2.23. The summed E-state index contributed by atoms with van der Waals surface area (Å²) in [5, 5.41) is 0. The molecule has 0 fully saturated rings. The topological polar surface area (TPSA) is 74.6 Å². The molecule has 0 saturated carbocycles. The predicted molar refractivity (Wildman–Crippen MR) is 46.0 cm³/mol. The van der Waals surface area contributed by atoms with Gasteiger partial charge >= 0.3 is 7.60 Å². The van der Waals surface area contributed by atoms with Crippen molar-refractivity contribution < 1.29 is 19.1 Å². The standard InChI is InChI=1S/C7H13O4P/c1-6(2)7(8)4-3-5-12(9,10)11/h1,3-5H2,2H3,(H2,9,10,11). The van der Waals surface area contributed by atoms with Gasteiger partial charge in [-0.2, -0.15) is 0 Å². The highest BCUT2D eigenvalue weighted by Crippen LogP contribution is 2.35. The first-order valence-corrected chi connectivity index (χ1v) is 5.36. The molecular formula is C7H13O4P. The number of allylic oxidation sites excluding steroid dienone is 1. The molecule has 0 aromatic carbocycles. The normalized spacial score (nSPS) is 11.2. The van der Waals surface area contributed by atoms with Gasteiger partial charge in [0.1, 0.15) is 0 Å². The zero-order valence-electron chi connectivity index (χ0n) is 6.99. The van der Waals surface area contributed by atoms with Crippen LogP contribution in [-0.2, 0) is 9.36 Å². The molecule has 2 N–H and O–H groups in total. The maximum Gasteiger partial charge on any atom is 0.325 e. The predicted octanol–water partition coefficient (Wildman–Crippen LogP) is 1.09. The number of hydrogen-bond acceptors (Lipinski definition) is 2. The van der Waals surface area contributed by atoms with Crippen LogP contribution >= 0.6 is 7.60 Å². The van der Waals surface area contributed by atoms with Gasteiger partial charge in [-0.15, -0.1) is 0 Å². The van der Waals surface area contributed by atoms with E-state index in [0.717, 1.165) is 0 Å². The zero-order valence-corrected chi connectivity index (χ0v) is 7.88. The Balaban J connectivity index is 3.65.